The maximum atomic E-state index is 12.8. The SMILES string of the molecule is CN1C(=O)CCc2cc(-c3cncc(CNC(=O)c4cn(CC(F)(F)F)nc4C4CC4)c3)ccc21. The molecule has 1 aliphatic carbocycles. The first-order valence-corrected chi connectivity index (χ1v) is 11.4. The van der Waals surface area contributed by atoms with E-state index >= 15 is 0 Å². The number of carbonyl (C=O) groups is 2. The van der Waals surface area contributed by atoms with Crippen LogP contribution < -0.4 is 10.2 Å². The fourth-order valence-electron chi connectivity index (χ4n) is 4.39. The summed E-state index contributed by atoms with van der Waals surface area (Å²) in [5, 5.41) is 6.83. The van der Waals surface area contributed by atoms with Crippen LogP contribution in [0.15, 0.2) is 42.9 Å². The number of nitrogens with zero attached hydrogens (tertiary/aromatic N) is 4. The Morgan fingerprint density at radius 3 is 2.69 bits per heavy atom. The van der Waals surface area contributed by atoms with Gasteiger partial charge in [-0.3, -0.25) is 19.3 Å². The van der Waals surface area contributed by atoms with E-state index in [0.29, 0.717) is 18.5 Å². The number of amides is 2. The molecule has 3 heterocycles. The van der Waals surface area contributed by atoms with E-state index in [4.69, 9.17) is 0 Å². The number of hydrogen-bond donors (Lipinski definition) is 1. The van der Waals surface area contributed by atoms with Gasteiger partial charge >= 0.3 is 6.18 Å². The molecule has 7 nitrogen and oxygen atoms in total. The van der Waals surface area contributed by atoms with Crippen LogP contribution in [0.2, 0.25) is 0 Å². The number of aryl methyl sites for hydroxylation is 1. The van der Waals surface area contributed by atoms with E-state index in [9.17, 15) is 22.8 Å². The van der Waals surface area contributed by atoms with Crippen LogP contribution in [-0.4, -0.2) is 39.8 Å². The first-order chi connectivity index (χ1) is 16.7. The second-order valence-corrected chi connectivity index (χ2v) is 9.08. The molecule has 0 atom stereocenters. The summed E-state index contributed by atoms with van der Waals surface area (Å²) < 4.78 is 39.2. The molecular formula is C25H24F3N5O2. The Bertz CT molecular complexity index is 1300. The van der Waals surface area contributed by atoms with Gasteiger partial charge in [0.25, 0.3) is 5.91 Å². The Morgan fingerprint density at radius 2 is 1.94 bits per heavy atom. The Hall–Kier alpha value is -3.69. The van der Waals surface area contributed by atoms with Crippen LogP contribution in [0, 0.1) is 0 Å². The zero-order valence-corrected chi connectivity index (χ0v) is 19.1. The van der Waals surface area contributed by atoms with Crippen molar-refractivity contribution in [3.63, 3.8) is 0 Å². The predicted molar refractivity (Wildman–Crippen MR) is 123 cm³/mol. The number of anilines is 1. The first kappa shape index (κ1) is 23.1. The summed E-state index contributed by atoms with van der Waals surface area (Å²) in [7, 11) is 1.77. The molecule has 0 unspecified atom stereocenters. The molecule has 0 saturated heterocycles. The molecule has 1 aliphatic heterocycles. The van der Waals surface area contributed by atoms with Gasteiger partial charge in [0, 0.05) is 55.8 Å². The largest absolute Gasteiger partial charge is 0.408 e. The summed E-state index contributed by atoms with van der Waals surface area (Å²) in [6, 6.07) is 7.83. The molecule has 1 saturated carbocycles. The summed E-state index contributed by atoms with van der Waals surface area (Å²) in [4.78, 5) is 30.7. The van der Waals surface area contributed by atoms with Crippen molar-refractivity contribution in [1.82, 2.24) is 20.1 Å². The quantitative estimate of drug-likeness (QED) is 0.569. The number of aromatic nitrogens is 3. The Labute approximate surface area is 200 Å². The highest BCUT2D eigenvalue weighted by Crippen LogP contribution is 2.41. The van der Waals surface area contributed by atoms with Gasteiger partial charge in [-0.15, -0.1) is 0 Å². The molecule has 10 heteroatoms. The lowest BCUT2D eigenvalue weighted by Gasteiger charge is -2.26. The topological polar surface area (TPSA) is 80.1 Å². The maximum absolute atomic E-state index is 12.8. The number of alkyl halides is 3. The van der Waals surface area contributed by atoms with Gasteiger partial charge in [0.05, 0.1) is 11.3 Å². The first-order valence-electron chi connectivity index (χ1n) is 11.4. The standard InChI is InChI=1S/C25H24F3N5O2/c1-32-21-6-4-17(9-18(21)5-7-22(32)34)19-8-15(10-29-12-19)11-30-24(35)20-13-33(14-25(26,27)28)31-23(20)16-2-3-16/h4,6,8-10,12-13,16H,2-3,5,7,11,14H2,1H3,(H,30,35). The van der Waals surface area contributed by atoms with Crippen molar-refractivity contribution in [2.75, 3.05) is 11.9 Å². The Balaban J connectivity index is 1.30. The number of pyridine rings is 1. The summed E-state index contributed by atoms with van der Waals surface area (Å²) >= 11 is 0. The van der Waals surface area contributed by atoms with Crippen molar-refractivity contribution < 1.29 is 22.8 Å². The summed E-state index contributed by atoms with van der Waals surface area (Å²) in [6.07, 6.45) is 2.94. The number of halogens is 3. The third-order valence-electron chi connectivity index (χ3n) is 6.34. The average Bonchev–Trinajstić information content (AvgIpc) is 3.59. The zero-order chi connectivity index (χ0) is 24.7. The highest BCUT2D eigenvalue weighted by atomic mass is 19.4. The van der Waals surface area contributed by atoms with Crippen LogP contribution in [0.3, 0.4) is 0 Å². The highest BCUT2D eigenvalue weighted by Gasteiger charge is 2.34. The minimum absolute atomic E-state index is 0.0357. The smallest absolute Gasteiger partial charge is 0.348 e. The molecule has 5 rings (SSSR count). The lowest BCUT2D eigenvalue weighted by Crippen LogP contribution is -2.30. The van der Waals surface area contributed by atoms with Crippen molar-refractivity contribution in [1.29, 1.82) is 0 Å². The van der Waals surface area contributed by atoms with E-state index in [1.807, 2.05) is 18.2 Å². The van der Waals surface area contributed by atoms with Gasteiger partial charge in [0.2, 0.25) is 5.91 Å². The third-order valence-corrected chi connectivity index (χ3v) is 6.34. The molecule has 2 aliphatic rings. The van der Waals surface area contributed by atoms with Crippen LogP contribution in [0.4, 0.5) is 18.9 Å². The summed E-state index contributed by atoms with van der Waals surface area (Å²) in [6.45, 7) is -1.05. The number of benzene rings is 1. The molecule has 0 bridgehead atoms. The summed E-state index contributed by atoms with van der Waals surface area (Å²) in [5.74, 6) is -0.320. The molecule has 1 fully saturated rings. The number of rotatable bonds is 6. The lowest BCUT2D eigenvalue weighted by atomic mass is 9.96. The van der Waals surface area contributed by atoms with Crippen LogP contribution >= 0.6 is 0 Å². The van der Waals surface area contributed by atoms with E-state index in [1.165, 1.54) is 6.20 Å². The predicted octanol–water partition coefficient (Wildman–Crippen LogP) is 4.22. The van der Waals surface area contributed by atoms with Gasteiger partial charge in [0.15, 0.2) is 0 Å². The van der Waals surface area contributed by atoms with E-state index in [-0.39, 0.29) is 23.9 Å². The van der Waals surface area contributed by atoms with E-state index in [1.54, 1.807) is 24.3 Å². The molecule has 3 aromatic rings. The number of carbonyl (C=O) groups excluding carboxylic acids is 2. The van der Waals surface area contributed by atoms with E-state index < -0.39 is 18.6 Å². The minimum Gasteiger partial charge on any atom is -0.348 e. The Kier molecular flexibility index (Phi) is 5.82. The molecule has 1 aromatic carbocycles. The number of fused-ring (bicyclic) bond motifs is 1. The van der Waals surface area contributed by atoms with Gasteiger partial charge in [0.1, 0.15) is 6.54 Å². The average molecular weight is 483 g/mol. The molecule has 2 amide bonds. The van der Waals surface area contributed by atoms with Crippen molar-refractivity contribution in [3.8, 4) is 11.1 Å². The second-order valence-electron chi connectivity index (χ2n) is 9.08. The monoisotopic (exact) mass is 483 g/mol. The van der Waals surface area contributed by atoms with Gasteiger partial charge in [-0.1, -0.05) is 6.07 Å². The van der Waals surface area contributed by atoms with Gasteiger partial charge in [-0.2, -0.15) is 18.3 Å². The zero-order valence-electron chi connectivity index (χ0n) is 19.1. The van der Waals surface area contributed by atoms with Gasteiger partial charge in [-0.05, 0) is 54.2 Å². The molecule has 1 N–H and O–H groups in total. The van der Waals surface area contributed by atoms with E-state index in [2.05, 4.69) is 21.5 Å². The maximum Gasteiger partial charge on any atom is 0.408 e. The number of nitrogens with one attached hydrogen (secondary N) is 1. The third kappa shape index (κ3) is 5.06. The lowest BCUT2D eigenvalue weighted by molar-refractivity contribution is -0.142. The molecule has 0 radical (unpaired) electrons. The minimum atomic E-state index is -4.41. The van der Waals surface area contributed by atoms with Gasteiger partial charge in [-0.25, -0.2) is 0 Å². The van der Waals surface area contributed by atoms with Crippen molar-refractivity contribution in [2.45, 2.75) is 50.9 Å². The van der Waals surface area contributed by atoms with Crippen molar-refractivity contribution >= 4 is 17.5 Å². The molecule has 182 valence electrons. The van der Waals surface area contributed by atoms with Crippen LogP contribution in [0.5, 0.6) is 0 Å². The molecule has 0 spiro atoms. The van der Waals surface area contributed by atoms with Crippen LogP contribution in [0.25, 0.3) is 11.1 Å². The molecule has 35 heavy (non-hydrogen) atoms. The van der Waals surface area contributed by atoms with Crippen molar-refractivity contribution in [3.05, 3.63) is 65.2 Å². The normalized spacial score (nSPS) is 15.8. The van der Waals surface area contributed by atoms with Gasteiger partial charge < -0.3 is 10.2 Å². The number of hydrogen-bond acceptors (Lipinski definition) is 4. The fourth-order valence-corrected chi connectivity index (χ4v) is 4.39. The van der Waals surface area contributed by atoms with Crippen LogP contribution in [-0.2, 0) is 24.3 Å². The summed E-state index contributed by atoms with van der Waals surface area (Å²) in [5.41, 5.74) is 5.19. The molecular weight excluding hydrogens is 459 g/mol. The Morgan fingerprint density at radius 1 is 1.14 bits per heavy atom. The van der Waals surface area contributed by atoms with E-state index in [0.717, 1.165) is 45.5 Å². The fraction of sp³-hybridized carbons (Fsp3) is 0.360. The highest BCUT2D eigenvalue weighted by molar-refractivity contribution is 5.96. The molecule has 2 aromatic heterocycles. The second kappa shape index (κ2) is 8.83. The van der Waals surface area contributed by atoms with Crippen LogP contribution in [0.1, 0.15) is 52.4 Å². The van der Waals surface area contributed by atoms with Crippen molar-refractivity contribution in [2.24, 2.45) is 0 Å².